The molecule has 1 N–H and O–H groups in total. The van der Waals surface area contributed by atoms with Crippen molar-refractivity contribution in [2.75, 3.05) is 17.3 Å². The van der Waals surface area contributed by atoms with Gasteiger partial charge in [-0.15, -0.1) is 0 Å². The Hall–Kier alpha value is -1.96. The molecule has 0 aliphatic heterocycles. The van der Waals surface area contributed by atoms with Crippen LogP contribution in [-0.4, -0.2) is 30.2 Å². The van der Waals surface area contributed by atoms with E-state index in [9.17, 15) is 17.2 Å². The smallest absolute Gasteiger partial charge is 0.149 e. The van der Waals surface area contributed by atoms with Crippen LogP contribution in [0.25, 0.3) is 0 Å². The Kier molecular flexibility index (Phi) is 4.80. The van der Waals surface area contributed by atoms with Crippen molar-refractivity contribution in [1.29, 1.82) is 0 Å². The maximum Gasteiger partial charge on any atom is 0.149 e. The molecule has 0 spiro atoms. The predicted octanol–water partition coefficient (Wildman–Crippen LogP) is 2.38. The van der Waals surface area contributed by atoms with Crippen LogP contribution in [0.1, 0.15) is 18.5 Å². The third-order valence-electron chi connectivity index (χ3n) is 3.13. The monoisotopic (exact) mass is 329 g/mol. The number of nitrogens with one attached hydrogen (secondary N) is 1. The van der Waals surface area contributed by atoms with Gasteiger partial charge in [0.25, 0.3) is 0 Å². The molecule has 0 aliphatic rings. The highest BCUT2D eigenvalue weighted by Gasteiger charge is 2.16. The van der Waals surface area contributed by atoms with Crippen molar-refractivity contribution in [3.63, 3.8) is 0 Å². The van der Waals surface area contributed by atoms with Crippen molar-refractivity contribution >= 4 is 15.7 Å². The van der Waals surface area contributed by atoms with Crippen molar-refractivity contribution < 1.29 is 17.2 Å². The lowest BCUT2D eigenvalue weighted by atomic mass is 10.1. The molecule has 22 heavy (non-hydrogen) atoms. The fraction of sp³-hybridized carbons (Fsp3) is 0.357. The summed E-state index contributed by atoms with van der Waals surface area (Å²) >= 11 is 0. The average molecular weight is 329 g/mol. The van der Waals surface area contributed by atoms with Gasteiger partial charge in [0.1, 0.15) is 27.3 Å². The molecule has 2 aromatic rings. The second-order valence-corrected chi connectivity index (χ2v) is 7.36. The maximum absolute atomic E-state index is 13.7. The zero-order chi connectivity index (χ0) is 16.3. The van der Waals surface area contributed by atoms with E-state index in [1.807, 2.05) is 0 Å². The Morgan fingerprint density at radius 2 is 1.91 bits per heavy atom. The molecule has 120 valence electrons. The van der Waals surface area contributed by atoms with Crippen LogP contribution in [-0.2, 0) is 16.4 Å². The first-order valence-electron chi connectivity index (χ1n) is 6.68. The molecule has 0 saturated heterocycles. The topological polar surface area (TPSA) is 64.0 Å². The van der Waals surface area contributed by atoms with Crippen LogP contribution in [0.15, 0.2) is 30.5 Å². The van der Waals surface area contributed by atoms with E-state index in [2.05, 4.69) is 10.4 Å². The van der Waals surface area contributed by atoms with Gasteiger partial charge in [0, 0.05) is 24.1 Å². The number of hydrogen-bond acceptors (Lipinski definition) is 4. The van der Waals surface area contributed by atoms with E-state index >= 15 is 0 Å². The summed E-state index contributed by atoms with van der Waals surface area (Å²) in [4.78, 5) is 0. The molecule has 1 aromatic heterocycles. The Balaban J connectivity index is 2.06. The number of anilines is 1. The number of sulfone groups is 1. The summed E-state index contributed by atoms with van der Waals surface area (Å²) in [5.41, 5.74) is -0.0619. The Morgan fingerprint density at radius 1 is 1.27 bits per heavy atom. The van der Waals surface area contributed by atoms with Crippen LogP contribution in [0.5, 0.6) is 0 Å². The molecule has 1 atom stereocenters. The van der Waals surface area contributed by atoms with Crippen LogP contribution < -0.4 is 5.32 Å². The van der Waals surface area contributed by atoms with Crippen molar-refractivity contribution in [3.8, 4) is 0 Å². The largest absolute Gasteiger partial charge is 0.362 e. The lowest BCUT2D eigenvalue weighted by Gasteiger charge is -2.15. The number of rotatable bonds is 6. The summed E-state index contributed by atoms with van der Waals surface area (Å²) in [5.74, 6) is -0.859. The van der Waals surface area contributed by atoms with Crippen molar-refractivity contribution in [2.45, 2.75) is 19.5 Å². The van der Waals surface area contributed by atoms with E-state index in [0.29, 0.717) is 5.82 Å². The van der Waals surface area contributed by atoms with E-state index in [-0.39, 0.29) is 17.9 Å². The van der Waals surface area contributed by atoms with Crippen LogP contribution >= 0.6 is 0 Å². The summed E-state index contributed by atoms with van der Waals surface area (Å²) in [5, 5.41) is 7.03. The van der Waals surface area contributed by atoms with Gasteiger partial charge in [-0.1, -0.05) is 6.07 Å². The van der Waals surface area contributed by atoms with E-state index < -0.39 is 27.5 Å². The van der Waals surface area contributed by atoms with Gasteiger partial charge in [-0.3, -0.25) is 4.68 Å². The van der Waals surface area contributed by atoms with Crippen LogP contribution in [0, 0.1) is 11.6 Å². The third kappa shape index (κ3) is 4.27. The lowest BCUT2D eigenvalue weighted by Crippen LogP contribution is -2.13. The van der Waals surface area contributed by atoms with Gasteiger partial charge >= 0.3 is 0 Å². The molecule has 0 fully saturated rings. The first-order chi connectivity index (χ1) is 10.3. The molecular weight excluding hydrogens is 312 g/mol. The molecule has 1 aromatic carbocycles. The summed E-state index contributed by atoms with van der Waals surface area (Å²) in [6.07, 6.45) is 2.76. The Morgan fingerprint density at radius 3 is 2.50 bits per heavy atom. The minimum Gasteiger partial charge on any atom is -0.362 e. The predicted molar refractivity (Wildman–Crippen MR) is 80.3 cm³/mol. The Labute approximate surface area is 127 Å². The highest BCUT2D eigenvalue weighted by molar-refractivity contribution is 7.90. The summed E-state index contributed by atoms with van der Waals surface area (Å²) in [6.45, 7) is 1.85. The highest BCUT2D eigenvalue weighted by Crippen LogP contribution is 2.23. The fourth-order valence-electron chi connectivity index (χ4n) is 2.04. The molecular formula is C14H17F2N3O2S. The second-order valence-electron chi connectivity index (χ2n) is 5.10. The van der Waals surface area contributed by atoms with Crippen LogP contribution in [0.3, 0.4) is 0 Å². The maximum atomic E-state index is 13.7. The number of aromatic nitrogens is 2. The molecule has 0 amide bonds. The second kappa shape index (κ2) is 6.43. The highest BCUT2D eigenvalue weighted by atomic mass is 32.2. The molecule has 5 nitrogen and oxygen atoms in total. The Bertz CT molecular complexity index is 739. The minimum absolute atomic E-state index is 0.0222. The van der Waals surface area contributed by atoms with Crippen molar-refractivity contribution in [1.82, 2.24) is 9.78 Å². The molecule has 8 heteroatoms. The average Bonchev–Trinajstić information content (AvgIpc) is 2.83. The zero-order valence-electron chi connectivity index (χ0n) is 12.3. The third-order valence-corrected chi connectivity index (χ3v) is 4.05. The zero-order valence-corrected chi connectivity index (χ0v) is 13.1. The van der Waals surface area contributed by atoms with Crippen LogP contribution in [0.4, 0.5) is 14.6 Å². The number of benzene rings is 1. The van der Waals surface area contributed by atoms with E-state index in [4.69, 9.17) is 0 Å². The molecule has 0 radical (unpaired) electrons. The lowest BCUT2D eigenvalue weighted by molar-refractivity contribution is 0.543. The van der Waals surface area contributed by atoms with Gasteiger partial charge in [0.15, 0.2) is 0 Å². The summed E-state index contributed by atoms with van der Waals surface area (Å²) < 4.78 is 51.1. The summed E-state index contributed by atoms with van der Waals surface area (Å²) in [7, 11) is -3.07. The normalized spacial score (nSPS) is 13.1. The molecule has 1 heterocycles. The van der Waals surface area contributed by atoms with Crippen molar-refractivity contribution in [3.05, 3.63) is 47.7 Å². The minimum atomic E-state index is -3.07. The van der Waals surface area contributed by atoms with Gasteiger partial charge in [0.05, 0.1) is 18.3 Å². The molecule has 1 unspecified atom stereocenters. The number of halogens is 2. The van der Waals surface area contributed by atoms with E-state index in [0.717, 1.165) is 6.26 Å². The molecule has 0 aliphatic carbocycles. The summed E-state index contributed by atoms with van der Waals surface area (Å²) in [6, 6.07) is 4.71. The quantitative estimate of drug-likeness (QED) is 0.884. The van der Waals surface area contributed by atoms with E-state index in [1.165, 1.54) is 22.9 Å². The van der Waals surface area contributed by atoms with Gasteiger partial charge in [-0.2, -0.15) is 5.10 Å². The van der Waals surface area contributed by atoms with Crippen LogP contribution in [0.2, 0.25) is 0 Å². The standard InChI is InChI=1S/C14H17F2N3O2S/c1-10(14-11(15)4-3-5-12(14)16)17-13-6-7-19(18-13)8-9-22(2,20)21/h3-7,10H,8-9H2,1-2H3,(H,17,18). The van der Waals surface area contributed by atoms with Gasteiger partial charge in [-0.05, 0) is 19.1 Å². The first-order valence-corrected chi connectivity index (χ1v) is 8.74. The number of hydrogen-bond donors (Lipinski definition) is 1. The molecule has 0 bridgehead atoms. The number of nitrogens with zero attached hydrogens (tertiary/aromatic N) is 2. The van der Waals surface area contributed by atoms with Crippen molar-refractivity contribution in [2.24, 2.45) is 0 Å². The fourth-order valence-corrected chi connectivity index (χ4v) is 2.56. The first kappa shape index (κ1) is 16.4. The van der Waals surface area contributed by atoms with E-state index in [1.54, 1.807) is 19.2 Å². The SMILES string of the molecule is CC(Nc1ccn(CCS(C)(=O)=O)n1)c1c(F)cccc1F. The molecule has 0 saturated carbocycles. The van der Waals surface area contributed by atoms with Gasteiger partial charge in [0.2, 0.25) is 0 Å². The van der Waals surface area contributed by atoms with Gasteiger partial charge in [-0.25, -0.2) is 17.2 Å². The molecule has 2 rings (SSSR count). The number of aryl methyl sites for hydroxylation is 1. The van der Waals surface area contributed by atoms with Gasteiger partial charge < -0.3 is 5.32 Å².